The monoisotopic (exact) mass is 385 g/mol. The molecule has 0 aromatic carbocycles. The molecule has 2 rings (SSSR count). The van der Waals surface area contributed by atoms with Crippen molar-refractivity contribution in [2.24, 2.45) is 7.05 Å². The van der Waals surface area contributed by atoms with Crippen LogP contribution in [0.1, 0.15) is 18.7 Å². The summed E-state index contributed by atoms with van der Waals surface area (Å²) in [7, 11) is 1.84. The number of nitrogens with one attached hydrogen (secondary N) is 1. The van der Waals surface area contributed by atoms with E-state index in [1.54, 1.807) is 10.9 Å². The lowest BCUT2D eigenvalue weighted by Gasteiger charge is -2.08. The minimum Gasteiger partial charge on any atom is -0.481 e. The van der Waals surface area contributed by atoms with Gasteiger partial charge in [-0.3, -0.25) is 9.59 Å². The van der Waals surface area contributed by atoms with Gasteiger partial charge in [0.2, 0.25) is 0 Å². The minimum atomic E-state index is -0.823. The lowest BCUT2D eigenvalue weighted by Crippen LogP contribution is -2.07. The number of fused-ring (bicyclic) bond motifs is 1. The minimum absolute atomic E-state index is 0.101. The number of anilines is 1. The third kappa shape index (κ3) is 6.09. The Morgan fingerprint density at radius 2 is 1.84 bits per heavy atom. The molecule has 0 amide bonds. The van der Waals surface area contributed by atoms with Crippen LogP contribution in [0.15, 0.2) is 6.33 Å². The van der Waals surface area contributed by atoms with Crippen LogP contribution in [0.4, 0.5) is 5.82 Å². The van der Waals surface area contributed by atoms with E-state index >= 15 is 0 Å². The van der Waals surface area contributed by atoms with Crippen LogP contribution < -0.4 is 5.32 Å². The molecule has 0 bridgehead atoms. The maximum Gasteiger partial charge on any atom is 0.304 e. The summed E-state index contributed by atoms with van der Waals surface area (Å²) in [6.45, 7) is 0. The summed E-state index contributed by atoms with van der Waals surface area (Å²) in [5.41, 5.74) is 1.35. The van der Waals surface area contributed by atoms with Crippen LogP contribution in [0.5, 0.6) is 0 Å². The van der Waals surface area contributed by atoms with Crippen molar-refractivity contribution >= 4 is 52.4 Å². The molecule has 136 valence electrons. The van der Waals surface area contributed by atoms with Crippen molar-refractivity contribution in [3.05, 3.63) is 12.2 Å². The zero-order chi connectivity index (χ0) is 18.2. The molecule has 0 atom stereocenters. The smallest absolute Gasteiger partial charge is 0.304 e. The van der Waals surface area contributed by atoms with Gasteiger partial charge in [-0.1, -0.05) is 0 Å². The SMILES string of the molecule is Cn1cnc2c(NCSCCC(=O)O)nc(CSCCC(=O)O)nc21. The molecule has 9 nitrogen and oxygen atoms in total. The summed E-state index contributed by atoms with van der Waals surface area (Å²) in [5, 5.41) is 20.5. The first kappa shape index (κ1) is 19.3. The quantitative estimate of drug-likeness (QED) is 0.387. The fourth-order valence-electron chi connectivity index (χ4n) is 1.91. The summed E-state index contributed by atoms with van der Waals surface area (Å²) >= 11 is 2.93. The molecular formula is C14H19N5O4S2. The summed E-state index contributed by atoms with van der Waals surface area (Å²) in [6, 6.07) is 0. The second-order valence-electron chi connectivity index (χ2n) is 5.09. The van der Waals surface area contributed by atoms with E-state index in [1.165, 1.54) is 23.5 Å². The first-order valence-corrected chi connectivity index (χ1v) is 9.79. The molecule has 3 N–H and O–H groups in total. The Hall–Kier alpha value is -2.01. The average molecular weight is 385 g/mol. The largest absolute Gasteiger partial charge is 0.481 e. The van der Waals surface area contributed by atoms with Crippen molar-refractivity contribution in [3.63, 3.8) is 0 Å². The third-order valence-electron chi connectivity index (χ3n) is 3.10. The van der Waals surface area contributed by atoms with E-state index in [1.807, 2.05) is 7.05 Å². The first-order valence-electron chi connectivity index (χ1n) is 7.48. The van der Waals surface area contributed by atoms with Gasteiger partial charge in [0.1, 0.15) is 11.3 Å². The van der Waals surface area contributed by atoms with Gasteiger partial charge in [-0.2, -0.15) is 11.8 Å². The molecule has 2 aromatic heterocycles. The molecule has 25 heavy (non-hydrogen) atoms. The number of hydrogen-bond acceptors (Lipinski definition) is 8. The highest BCUT2D eigenvalue weighted by atomic mass is 32.2. The maximum atomic E-state index is 10.6. The van der Waals surface area contributed by atoms with E-state index in [0.717, 1.165) is 0 Å². The molecule has 0 saturated heterocycles. The van der Waals surface area contributed by atoms with Gasteiger partial charge in [0.25, 0.3) is 0 Å². The Morgan fingerprint density at radius 3 is 2.52 bits per heavy atom. The number of aliphatic carboxylic acids is 2. The lowest BCUT2D eigenvalue weighted by molar-refractivity contribution is -0.137. The van der Waals surface area contributed by atoms with Gasteiger partial charge >= 0.3 is 11.9 Å². The Balaban J connectivity index is 2.01. The summed E-state index contributed by atoms with van der Waals surface area (Å²) in [6.07, 6.45) is 1.87. The molecule has 0 fully saturated rings. The lowest BCUT2D eigenvalue weighted by atomic mass is 10.4. The zero-order valence-corrected chi connectivity index (χ0v) is 15.3. The van der Waals surface area contributed by atoms with Crippen molar-refractivity contribution < 1.29 is 19.8 Å². The van der Waals surface area contributed by atoms with E-state index in [4.69, 9.17) is 10.2 Å². The van der Waals surface area contributed by atoms with E-state index in [-0.39, 0.29) is 12.8 Å². The van der Waals surface area contributed by atoms with Gasteiger partial charge in [0.05, 0.1) is 30.8 Å². The Bertz CT molecular complexity index is 752. The Labute approximate surface area is 152 Å². The topological polar surface area (TPSA) is 130 Å². The van der Waals surface area contributed by atoms with E-state index in [0.29, 0.717) is 45.9 Å². The first-order chi connectivity index (χ1) is 12.0. The summed E-state index contributed by atoms with van der Waals surface area (Å²) < 4.78 is 1.80. The van der Waals surface area contributed by atoms with Crippen LogP contribution in [0.2, 0.25) is 0 Å². The number of carbonyl (C=O) groups is 2. The van der Waals surface area contributed by atoms with Crippen molar-refractivity contribution in [2.75, 3.05) is 22.7 Å². The van der Waals surface area contributed by atoms with Crippen molar-refractivity contribution in [1.29, 1.82) is 0 Å². The molecule has 0 unspecified atom stereocenters. The van der Waals surface area contributed by atoms with Crippen LogP contribution in [-0.4, -0.2) is 59.1 Å². The number of carboxylic acid groups (broad SMARTS) is 2. The predicted octanol–water partition coefficient (Wildman–Crippen LogP) is 1.65. The molecular weight excluding hydrogens is 366 g/mol. The molecule has 11 heteroatoms. The van der Waals surface area contributed by atoms with Crippen LogP contribution in [0.25, 0.3) is 11.2 Å². The number of hydrogen-bond donors (Lipinski definition) is 3. The summed E-state index contributed by atoms with van der Waals surface area (Å²) in [5.74, 6) is 1.59. The molecule has 0 spiro atoms. The summed E-state index contributed by atoms with van der Waals surface area (Å²) in [4.78, 5) is 34.3. The fourth-order valence-corrected chi connectivity index (χ4v) is 3.39. The van der Waals surface area contributed by atoms with Crippen molar-refractivity contribution in [2.45, 2.75) is 18.6 Å². The Morgan fingerprint density at radius 1 is 1.16 bits per heavy atom. The van der Waals surface area contributed by atoms with Gasteiger partial charge in [-0.05, 0) is 0 Å². The second-order valence-corrected chi connectivity index (χ2v) is 7.30. The van der Waals surface area contributed by atoms with Gasteiger partial charge in [-0.25, -0.2) is 15.0 Å². The number of imidazole rings is 1. The van der Waals surface area contributed by atoms with Gasteiger partial charge in [-0.15, -0.1) is 11.8 Å². The normalized spacial score (nSPS) is 10.9. The predicted molar refractivity (Wildman–Crippen MR) is 97.9 cm³/mol. The number of aromatic nitrogens is 4. The second kappa shape index (κ2) is 9.47. The molecule has 0 aliphatic carbocycles. The highest BCUT2D eigenvalue weighted by Crippen LogP contribution is 2.21. The fraction of sp³-hybridized carbons (Fsp3) is 0.500. The zero-order valence-electron chi connectivity index (χ0n) is 13.6. The number of carboxylic acids is 2. The molecule has 0 saturated carbocycles. The van der Waals surface area contributed by atoms with Crippen LogP contribution in [-0.2, 0) is 22.4 Å². The van der Waals surface area contributed by atoms with Gasteiger partial charge < -0.3 is 20.1 Å². The molecule has 0 aliphatic rings. The number of rotatable bonds is 11. The van der Waals surface area contributed by atoms with Gasteiger partial charge in [0.15, 0.2) is 11.5 Å². The number of aryl methyl sites for hydroxylation is 1. The molecule has 2 heterocycles. The van der Waals surface area contributed by atoms with E-state index in [2.05, 4.69) is 20.3 Å². The van der Waals surface area contributed by atoms with E-state index < -0.39 is 11.9 Å². The van der Waals surface area contributed by atoms with E-state index in [9.17, 15) is 9.59 Å². The van der Waals surface area contributed by atoms with Crippen LogP contribution in [0, 0.1) is 0 Å². The van der Waals surface area contributed by atoms with Gasteiger partial charge in [0, 0.05) is 18.6 Å². The highest BCUT2D eigenvalue weighted by molar-refractivity contribution is 7.99. The van der Waals surface area contributed by atoms with Crippen LogP contribution in [0.3, 0.4) is 0 Å². The third-order valence-corrected chi connectivity index (χ3v) is 4.90. The van der Waals surface area contributed by atoms with Crippen LogP contribution >= 0.6 is 23.5 Å². The Kier molecular flexibility index (Phi) is 7.31. The van der Waals surface area contributed by atoms with Crippen molar-refractivity contribution in [1.82, 2.24) is 19.5 Å². The average Bonchev–Trinajstić information content (AvgIpc) is 2.92. The number of nitrogens with zero attached hydrogens (tertiary/aromatic N) is 4. The molecule has 0 aliphatic heterocycles. The number of thioether (sulfide) groups is 2. The molecule has 0 radical (unpaired) electrons. The standard InChI is InChI=1S/C14H19N5O4S2/c1-19-7-15-12-13(16-8-25-5-3-11(22)23)17-9(18-14(12)19)6-24-4-2-10(20)21/h7H,2-6,8H2,1H3,(H,20,21)(H,22,23)(H,16,17,18). The van der Waals surface area contributed by atoms with Crippen molar-refractivity contribution in [3.8, 4) is 0 Å². The molecule has 2 aromatic rings. The maximum absolute atomic E-state index is 10.6. The highest BCUT2D eigenvalue weighted by Gasteiger charge is 2.12.